The van der Waals surface area contributed by atoms with E-state index in [9.17, 15) is 19.0 Å². The van der Waals surface area contributed by atoms with Gasteiger partial charge in [0.2, 0.25) is 5.91 Å². The largest absolute Gasteiger partial charge is 0.472 e. The Morgan fingerprint density at radius 2 is 0.771 bits per heavy atom. The molecule has 0 aliphatic heterocycles. The molecule has 83 heavy (non-hydrogen) atoms. The van der Waals surface area contributed by atoms with Crippen LogP contribution in [0.3, 0.4) is 0 Å². The van der Waals surface area contributed by atoms with Gasteiger partial charge in [0.1, 0.15) is 19.3 Å². The Morgan fingerprint density at radius 3 is 1.19 bits per heavy atom. The van der Waals surface area contributed by atoms with Crippen molar-refractivity contribution in [1.82, 2.24) is 5.32 Å². The maximum Gasteiger partial charge on any atom is 0.472 e. The summed E-state index contributed by atoms with van der Waals surface area (Å²) in [5.41, 5.74) is 0. The van der Waals surface area contributed by atoms with Crippen LogP contribution in [0.5, 0.6) is 0 Å². The van der Waals surface area contributed by atoms with Gasteiger partial charge < -0.3 is 19.4 Å². The zero-order valence-corrected chi connectivity index (χ0v) is 55.3. The predicted octanol–water partition coefficient (Wildman–Crippen LogP) is 21.4. The number of quaternary nitrogens is 1. The molecule has 0 spiro atoms. The molecule has 0 radical (unpaired) electrons. The maximum absolute atomic E-state index is 13.6. The fourth-order valence-electron chi connectivity index (χ4n) is 9.19. The number of carbonyl (C=O) groups is 2. The molecule has 3 atom stereocenters. The zero-order valence-electron chi connectivity index (χ0n) is 54.4. The Morgan fingerprint density at radius 1 is 0.434 bits per heavy atom. The van der Waals surface area contributed by atoms with Gasteiger partial charge in [0.05, 0.1) is 33.8 Å². The monoisotopic (exact) mass is 1180 g/mol. The number of unbranched alkanes of at least 4 members (excludes halogenated alkanes) is 26. The number of esters is 1. The Bertz CT molecular complexity index is 1830. The quantitative estimate of drug-likeness (QED) is 0.0205. The SMILES string of the molecule is CC/C=C\C/C=C\C/C=C\C/C=C\C/C=C\CCCCCC(=O)NC(COP(=O)(O)OCC[N+](C)(C)C)C(/C=C\CCCCCCCCCCCCC)OC(=O)CCCCCCCCCCC/C=C\C/C=C\C/C=C\C/C=C\CCCCC. The van der Waals surface area contributed by atoms with Crippen LogP contribution in [-0.4, -0.2) is 74.3 Å². The molecular weight excluding hydrogens is 1050 g/mol. The number of hydrogen-bond donors (Lipinski definition) is 2. The smallest absolute Gasteiger partial charge is 0.456 e. The molecule has 0 saturated carbocycles. The first-order valence-electron chi connectivity index (χ1n) is 33.9. The van der Waals surface area contributed by atoms with Crippen molar-refractivity contribution >= 4 is 19.7 Å². The Hall–Kier alpha value is -3.59. The van der Waals surface area contributed by atoms with Crippen LogP contribution in [0.4, 0.5) is 0 Å². The number of phosphoric ester groups is 1. The Labute approximate surface area is 512 Å². The van der Waals surface area contributed by atoms with Gasteiger partial charge in [-0.3, -0.25) is 18.6 Å². The normalized spacial score (nSPS) is 14.3. The number of amides is 1. The number of likely N-dealkylation sites (N-methyl/N-ethyl adjacent to an activating group) is 1. The highest BCUT2D eigenvalue weighted by Gasteiger charge is 2.30. The molecule has 1 amide bonds. The van der Waals surface area contributed by atoms with Crippen LogP contribution in [-0.2, 0) is 27.9 Å². The summed E-state index contributed by atoms with van der Waals surface area (Å²) in [4.78, 5) is 37.8. The van der Waals surface area contributed by atoms with Crippen molar-refractivity contribution in [3.05, 3.63) is 122 Å². The second-order valence-electron chi connectivity index (χ2n) is 23.6. The van der Waals surface area contributed by atoms with E-state index in [1.54, 1.807) is 0 Å². The molecule has 9 nitrogen and oxygen atoms in total. The lowest BCUT2D eigenvalue weighted by atomic mass is 10.0. The third kappa shape index (κ3) is 62.8. The molecule has 0 saturated heterocycles. The molecule has 0 aliphatic carbocycles. The van der Waals surface area contributed by atoms with Crippen LogP contribution >= 0.6 is 7.82 Å². The van der Waals surface area contributed by atoms with Crippen molar-refractivity contribution in [3.63, 3.8) is 0 Å². The molecule has 476 valence electrons. The van der Waals surface area contributed by atoms with Crippen LogP contribution in [0.1, 0.15) is 278 Å². The molecule has 0 heterocycles. The highest BCUT2D eigenvalue weighted by atomic mass is 31.2. The summed E-state index contributed by atoms with van der Waals surface area (Å²) in [6.07, 6.45) is 86.3. The lowest BCUT2D eigenvalue weighted by Gasteiger charge is -2.27. The van der Waals surface area contributed by atoms with Gasteiger partial charge in [-0.25, -0.2) is 4.57 Å². The summed E-state index contributed by atoms with van der Waals surface area (Å²) in [6, 6.07) is -0.878. The summed E-state index contributed by atoms with van der Waals surface area (Å²) in [7, 11) is 1.46. The second kappa shape index (κ2) is 61.5. The van der Waals surface area contributed by atoms with Crippen molar-refractivity contribution in [2.75, 3.05) is 40.9 Å². The van der Waals surface area contributed by atoms with E-state index < -0.39 is 20.0 Å². The van der Waals surface area contributed by atoms with E-state index in [2.05, 4.69) is 135 Å². The summed E-state index contributed by atoms with van der Waals surface area (Å²) < 4.78 is 30.8. The molecule has 0 aliphatic rings. The lowest BCUT2D eigenvalue weighted by molar-refractivity contribution is -0.870. The van der Waals surface area contributed by atoms with Gasteiger partial charge in [-0.1, -0.05) is 265 Å². The second-order valence-corrected chi connectivity index (χ2v) is 25.1. The number of rotatable bonds is 60. The van der Waals surface area contributed by atoms with Crippen LogP contribution in [0, 0.1) is 0 Å². The molecule has 0 aromatic rings. The molecule has 3 unspecified atom stereocenters. The topological polar surface area (TPSA) is 111 Å². The fraction of sp³-hybridized carbons (Fsp3) is 0.699. The van der Waals surface area contributed by atoms with Crippen molar-refractivity contribution in [2.45, 2.75) is 290 Å². The Kier molecular flexibility index (Phi) is 58.8. The number of nitrogens with zero attached hydrogens (tertiary/aromatic N) is 1. The lowest BCUT2D eigenvalue weighted by Crippen LogP contribution is -2.47. The van der Waals surface area contributed by atoms with Crippen LogP contribution in [0.25, 0.3) is 0 Å². The molecule has 0 aromatic heterocycles. The third-order valence-electron chi connectivity index (χ3n) is 14.4. The molecule has 2 N–H and O–H groups in total. The average Bonchev–Trinajstić information content (AvgIpc) is 3.47. The van der Waals surface area contributed by atoms with Gasteiger partial charge in [-0.15, -0.1) is 0 Å². The van der Waals surface area contributed by atoms with Gasteiger partial charge in [0.15, 0.2) is 0 Å². The summed E-state index contributed by atoms with van der Waals surface area (Å²) in [5.74, 6) is -0.553. The van der Waals surface area contributed by atoms with Crippen molar-refractivity contribution < 1.29 is 37.3 Å². The van der Waals surface area contributed by atoms with Gasteiger partial charge in [-0.05, 0) is 122 Å². The first-order valence-corrected chi connectivity index (χ1v) is 35.4. The van der Waals surface area contributed by atoms with E-state index in [1.807, 2.05) is 33.3 Å². The van der Waals surface area contributed by atoms with Crippen molar-refractivity contribution in [3.8, 4) is 0 Å². The molecular formula is C73H128N2O7P+. The number of ether oxygens (including phenoxy) is 1. The van der Waals surface area contributed by atoms with E-state index in [0.29, 0.717) is 17.4 Å². The molecule has 0 bridgehead atoms. The van der Waals surface area contributed by atoms with E-state index in [-0.39, 0.29) is 37.9 Å². The van der Waals surface area contributed by atoms with Crippen molar-refractivity contribution in [1.29, 1.82) is 0 Å². The predicted molar refractivity (Wildman–Crippen MR) is 360 cm³/mol. The van der Waals surface area contributed by atoms with Gasteiger partial charge in [0.25, 0.3) is 0 Å². The van der Waals surface area contributed by atoms with E-state index in [1.165, 1.54) is 116 Å². The minimum absolute atomic E-state index is 0.0263. The minimum atomic E-state index is -4.47. The van der Waals surface area contributed by atoms with E-state index >= 15 is 0 Å². The van der Waals surface area contributed by atoms with Crippen LogP contribution in [0.2, 0.25) is 0 Å². The van der Waals surface area contributed by atoms with E-state index in [4.69, 9.17) is 13.8 Å². The average molecular weight is 1180 g/mol. The number of carbonyl (C=O) groups excluding carboxylic acids is 2. The van der Waals surface area contributed by atoms with Gasteiger partial charge in [-0.2, -0.15) is 0 Å². The summed E-state index contributed by atoms with van der Waals surface area (Å²) in [5, 5.41) is 3.04. The molecule has 10 heteroatoms. The van der Waals surface area contributed by atoms with Crippen LogP contribution < -0.4 is 5.32 Å². The van der Waals surface area contributed by atoms with Crippen molar-refractivity contribution in [2.24, 2.45) is 0 Å². The first-order chi connectivity index (χ1) is 40.4. The van der Waals surface area contributed by atoms with Crippen LogP contribution in [0.15, 0.2) is 122 Å². The third-order valence-corrected chi connectivity index (χ3v) is 15.4. The highest BCUT2D eigenvalue weighted by Crippen LogP contribution is 2.43. The number of hydrogen-bond acceptors (Lipinski definition) is 6. The van der Waals surface area contributed by atoms with Gasteiger partial charge >= 0.3 is 13.8 Å². The standard InChI is InChI=1S/C73H127N2O7P/c1-7-10-13-16-19-22-25-28-30-32-34-35-36-37-38-39-41-43-45-48-51-54-57-60-63-66-73(77)82-71(64-61-58-55-52-49-46-27-24-21-18-15-12-9-3)70(69-81-83(78,79)80-68-67-75(4,5)6)74-72(76)65-62-59-56-53-50-47-44-42-40-33-31-29-26-23-20-17-14-11-8-2/h11,14,19-20,22-23,28-31,34-35,37-38,40,42,47,50,61,64,70-71H,7-10,12-13,15-18,21,24-27,32-33,36,39,41,43-46,48-49,51-60,62-63,65-69H2,1-6H3,(H-,74,76,78,79)/p+1/b14-11-,22-19-,23-20-,30-28-,31-29-,35-34-,38-37-,42-40-,50-47-,64-61-. The molecule has 0 fully saturated rings. The van der Waals surface area contributed by atoms with Gasteiger partial charge in [0, 0.05) is 12.8 Å². The molecule has 0 aromatic carbocycles. The maximum atomic E-state index is 13.6. The number of phosphoric acid groups is 1. The van der Waals surface area contributed by atoms with E-state index in [0.717, 1.165) is 122 Å². The summed E-state index contributed by atoms with van der Waals surface area (Å²) in [6.45, 7) is 6.84. The number of allylic oxidation sites excluding steroid dienone is 19. The highest BCUT2D eigenvalue weighted by molar-refractivity contribution is 7.47. The number of nitrogens with one attached hydrogen (secondary N) is 1. The molecule has 0 rings (SSSR count). The zero-order chi connectivity index (χ0) is 60.7. The Balaban J connectivity index is 5.24. The fourth-order valence-corrected chi connectivity index (χ4v) is 9.92. The summed E-state index contributed by atoms with van der Waals surface area (Å²) >= 11 is 0. The first kappa shape index (κ1) is 79.4. The minimum Gasteiger partial charge on any atom is -0.456 e.